The minimum Gasteiger partial charge on any atom is -1.00 e. The van der Waals surface area contributed by atoms with E-state index in [2.05, 4.69) is 6.92 Å². The summed E-state index contributed by atoms with van der Waals surface area (Å²) in [5.74, 6) is 0. The van der Waals surface area contributed by atoms with Crippen LogP contribution >= 0.6 is 0 Å². The predicted octanol–water partition coefficient (Wildman–Crippen LogP) is 2.70. The van der Waals surface area contributed by atoms with E-state index >= 15 is 0 Å². The van der Waals surface area contributed by atoms with Crippen LogP contribution in [0.15, 0.2) is 0 Å². The normalized spacial score (nSPS) is 15.6. The fourth-order valence-electron chi connectivity index (χ4n) is 3.95. The molecule has 28 heavy (non-hydrogen) atoms. The van der Waals surface area contributed by atoms with Crippen molar-refractivity contribution in [3.8, 4) is 0 Å². The molecule has 0 amide bonds. The van der Waals surface area contributed by atoms with Crippen LogP contribution in [0.1, 0.15) is 124 Å². The fraction of sp³-hybridized carbons (Fsp3) is 1.00. The van der Waals surface area contributed by atoms with Crippen molar-refractivity contribution in [2.45, 2.75) is 136 Å². The number of halogens is 1. The van der Waals surface area contributed by atoms with E-state index in [1.807, 2.05) is 0 Å². The highest BCUT2D eigenvalue weighted by atomic mass is 35.5. The Morgan fingerprint density at radius 1 is 0.571 bits per heavy atom. The molecule has 0 rings (SSSR count). The van der Waals surface area contributed by atoms with Crippen LogP contribution in [-0.4, -0.2) is 45.5 Å². The molecular formula is C23H50ClNO3. The van der Waals surface area contributed by atoms with E-state index in [0.29, 0.717) is 6.54 Å². The number of hydrogen-bond acceptors (Lipinski definition) is 3. The Kier molecular flexibility index (Phi) is 22.1. The van der Waals surface area contributed by atoms with Crippen molar-refractivity contribution >= 4 is 0 Å². The molecule has 0 aromatic rings. The van der Waals surface area contributed by atoms with Gasteiger partial charge in [-0.15, -0.1) is 0 Å². The average Bonchev–Trinajstić information content (AvgIpc) is 2.64. The van der Waals surface area contributed by atoms with Crippen LogP contribution < -0.4 is 12.4 Å². The lowest BCUT2D eigenvalue weighted by molar-refractivity contribution is -1.02. The molecule has 2 unspecified atom stereocenters. The maximum atomic E-state index is 9.91. The molecule has 0 aliphatic carbocycles. The lowest BCUT2D eigenvalue weighted by Gasteiger charge is -2.41. The number of aliphatic hydroxyl groups is 3. The van der Waals surface area contributed by atoms with Crippen LogP contribution in [0.5, 0.6) is 0 Å². The largest absolute Gasteiger partial charge is 1.00 e. The molecule has 4 nitrogen and oxygen atoms in total. The van der Waals surface area contributed by atoms with Gasteiger partial charge in [-0.3, -0.25) is 4.48 Å². The highest BCUT2D eigenvalue weighted by Gasteiger charge is 2.36. The Labute approximate surface area is 181 Å². The predicted molar refractivity (Wildman–Crippen MR) is 115 cm³/mol. The Morgan fingerprint density at radius 2 is 0.857 bits per heavy atom. The third kappa shape index (κ3) is 14.2. The van der Waals surface area contributed by atoms with Crippen LogP contribution in [-0.2, 0) is 0 Å². The fourth-order valence-corrected chi connectivity index (χ4v) is 3.95. The van der Waals surface area contributed by atoms with E-state index in [1.165, 1.54) is 89.9 Å². The number of rotatable bonds is 20. The second kappa shape index (κ2) is 20.4. The second-order valence-corrected chi connectivity index (χ2v) is 8.54. The van der Waals surface area contributed by atoms with Gasteiger partial charge in [-0.25, -0.2) is 0 Å². The summed E-state index contributed by atoms with van der Waals surface area (Å²) in [7, 11) is 0. The van der Waals surface area contributed by atoms with Gasteiger partial charge in [-0.05, 0) is 12.8 Å². The molecule has 0 aliphatic rings. The third-order valence-corrected chi connectivity index (χ3v) is 6.18. The number of aliphatic hydroxyl groups excluding tert-OH is 3. The van der Waals surface area contributed by atoms with E-state index < -0.39 is 12.5 Å². The van der Waals surface area contributed by atoms with Crippen molar-refractivity contribution in [1.82, 2.24) is 0 Å². The molecule has 5 heteroatoms. The molecule has 0 heterocycles. The van der Waals surface area contributed by atoms with Gasteiger partial charge in [-0.2, -0.15) is 0 Å². The first-order chi connectivity index (χ1) is 13.0. The smallest absolute Gasteiger partial charge is 0.191 e. The molecule has 0 fully saturated rings. The molecule has 0 aliphatic heterocycles. The van der Waals surface area contributed by atoms with Crippen LogP contribution in [0, 0.1) is 0 Å². The first kappa shape index (κ1) is 30.3. The lowest BCUT2D eigenvalue weighted by atomic mass is 10.0. The Bertz CT molecular complexity index is 306. The maximum Gasteiger partial charge on any atom is 0.191 e. The molecule has 0 aromatic carbocycles. The van der Waals surface area contributed by atoms with E-state index in [-0.39, 0.29) is 23.6 Å². The van der Waals surface area contributed by atoms with Crippen LogP contribution in [0.4, 0.5) is 0 Å². The van der Waals surface area contributed by atoms with Crippen LogP contribution in [0.25, 0.3) is 0 Å². The average molecular weight is 424 g/mol. The molecule has 0 aromatic heterocycles. The van der Waals surface area contributed by atoms with Gasteiger partial charge in [-0.1, -0.05) is 96.8 Å². The van der Waals surface area contributed by atoms with Crippen LogP contribution in [0.3, 0.4) is 0 Å². The summed E-state index contributed by atoms with van der Waals surface area (Å²) in [5.41, 5.74) is 0. The Morgan fingerprint density at radius 3 is 1.11 bits per heavy atom. The molecule has 0 radical (unpaired) electrons. The van der Waals surface area contributed by atoms with E-state index in [4.69, 9.17) is 0 Å². The summed E-state index contributed by atoms with van der Waals surface area (Å²) in [6.07, 6.45) is 19.8. The van der Waals surface area contributed by atoms with Crippen molar-refractivity contribution in [2.24, 2.45) is 0 Å². The third-order valence-electron chi connectivity index (χ3n) is 6.18. The standard InChI is InChI=1S/C23H50NO3.ClH/c1-4-5-6-7-8-9-10-11-12-13-14-15-16-17-18-19-20-24(21-25,22(2)26)23(3)27;/h22-23,25-27H,4-21H2,1-3H3;1H/q+1;/p-1. The number of unbranched alkanes of at least 4 members (excludes halogenated alkanes) is 15. The summed E-state index contributed by atoms with van der Waals surface area (Å²) in [6.45, 7) is 5.99. The van der Waals surface area contributed by atoms with E-state index in [9.17, 15) is 15.3 Å². The summed E-state index contributed by atoms with van der Waals surface area (Å²) in [4.78, 5) is 0. The molecule has 172 valence electrons. The lowest BCUT2D eigenvalue weighted by Crippen LogP contribution is -3.00. The zero-order valence-corrected chi connectivity index (χ0v) is 19.8. The summed E-state index contributed by atoms with van der Waals surface area (Å²) in [6, 6.07) is 0. The van der Waals surface area contributed by atoms with Crippen LogP contribution in [0.2, 0.25) is 0 Å². The second-order valence-electron chi connectivity index (χ2n) is 8.54. The van der Waals surface area contributed by atoms with Gasteiger partial charge in [0.05, 0.1) is 6.54 Å². The summed E-state index contributed by atoms with van der Waals surface area (Å²) < 4.78 is -0.0292. The Balaban J connectivity index is 0. The quantitative estimate of drug-likeness (QED) is 0.160. The number of hydrogen-bond donors (Lipinski definition) is 3. The van der Waals surface area contributed by atoms with Gasteiger partial charge < -0.3 is 27.7 Å². The Hall–Kier alpha value is 0.130. The zero-order chi connectivity index (χ0) is 20.4. The minimum absolute atomic E-state index is 0. The molecule has 0 bridgehead atoms. The highest BCUT2D eigenvalue weighted by molar-refractivity contribution is 4.51. The minimum atomic E-state index is -0.744. The molecule has 3 N–H and O–H groups in total. The van der Waals surface area contributed by atoms with Crippen molar-refractivity contribution in [3.63, 3.8) is 0 Å². The van der Waals surface area contributed by atoms with Gasteiger partial charge in [0.25, 0.3) is 0 Å². The SMILES string of the molecule is CCCCCCCCCCCCCCCCCC[N+](CO)(C(C)O)C(C)O.[Cl-]. The maximum absolute atomic E-state index is 9.91. The van der Waals surface area contributed by atoms with Crippen molar-refractivity contribution in [1.29, 1.82) is 0 Å². The molecule has 0 saturated heterocycles. The van der Waals surface area contributed by atoms with Crippen molar-refractivity contribution in [2.75, 3.05) is 13.3 Å². The van der Waals surface area contributed by atoms with Gasteiger partial charge >= 0.3 is 0 Å². The first-order valence-electron chi connectivity index (χ1n) is 11.8. The molecule has 0 saturated carbocycles. The zero-order valence-electron chi connectivity index (χ0n) is 19.0. The van der Waals surface area contributed by atoms with Gasteiger partial charge in [0.2, 0.25) is 0 Å². The number of nitrogens with zero attached hydrogens (tertiary/aromatic N) is 1. The van der Waals surface area contributed by atoms with E-state index in [0.717, 1.165) is 12.8 Å². The summed E-state index contributed by atoms with van der Waals surface area (Å²) >= 11 is 0. The van der Waals surface area contributed by atoms with Gasteiger partial charge in [0.15, 0.2) is 19.2 Å². The van der Waals surface area contributed by atoms with Gasteiger partial charge in [0.1, 0.15) is 0 Å². The first-order valence-corrected chi connectivity index (χ1v) is 11.8. The molecular weight excluding hydrogens is 374 g/mol. The molecule has 0 spiro atoms. The molecule has 2 atom stereocenters. The summed E-state index contributed by atoms with van der Waals surface area (Å²) in [5, 5.41) is 29.4. The van der Waals surface area contributed by atoms with Gasteiger partial charge in [0, 0.05) is 13.8 Å². The van der Waals surface area contributed by atoms with E-state index in [1.54, 1.807) is 13.8 Å². The topological polar surface area (TPSA) is 60.7 Å². The highest BCUT2D eigenvalue weighted by Crippen LogP contribution is 2.19. The van der Waals surface area contributed by atoms with Crippen molar-refractivity contribution in [3.05, 3.63) is 0 Å². The van der Waals surface area contributed by atoms with Crippen molar-refractivity contribution < 1.29 is 32.2 Å². The number of quaternary nitrogens is 1. The monoisotopic (exact) mass is 423 g/mol.